The Morgan fingerprint density at radius 1 is 1.04 bits per heavy atom. The van der Waals surface area contributed by atoms with Crippen molar-refractivity contribution in [3.8, 4) is 0 Å². The van der Waals surface area contributed by atoms with E-state index in [0.717, 1.165) is 15.6 Å². The van der Waals surface area contributed by atoms with Crippen LogP contribution in [0.2, 0.25) is 0 Å². The Hall–Kier alpha value is -2.79. The van der Waals surface area contributed by atoms with E-state index in [2.05, 4.69) is 34.3 Å². The molecule has 0 radical (unpaired) electrons. The van der Waals surface area contributed by atoms with Crippen LogP contribution in [0.5, 0.6) is 0 Å². The van der Waals surface area contributed by atoms with E-state index in [1.54, 1.807) is 18.0 Å². The number of para-hydroxylation sites is 1. The van der Waals surface area contributed by atoms with Gasteiger partial charge in [-0.25, -0.2) is 4.98 Å². The summed E-state index contributed by atoms with van der Waals surface area (Å²) >= 11 is 1.58. The Balaban J connectivity index is 1.53. The Kier molecular flexibility index (Phi) is 6.49. The van der Waals surface area contributed by atoms with Crippen LogP contribution in [0.1, 0.15) is 17.3 Å². The first kappa shape index (κ1) is 19.0. The van der Waals surface area contributed by atoms with E-state index < -0.39 is 0 Å². The average molecular weight is 378 g/mol. The fourth-order valence-electron chi connectivity index (χ4n) is 2.60. The molecule has 138 valence electrons. The van der Waals surface area contributed by atoms with E-state index in [1.165, 1.54) is 0 Å². The zero-order valence-corrected chi connectivity index (χ0v) is 16.3. The zero-order valence-electron chi connectivity index (χ0n) is 15.5. The number of nitrogens with one attached hydrogen (secondary N) is 1. The van der Waals surface area contributed by atoms with Gasteiger partial charge in [0.25, 0.3) is 5.91 Å². The van der Waals surface area contributed by atoms with Crippen LogP contribution in [0.25, 0.3) is 0 Å². The molecular formula is C22H23N3OS. The summed E-state index contributed by atoms with van der Waals surface area (Å²) in [6.45, 7) is 2.68. The van der Waals surface area contributed by atoms with Gasteiger partial charge in [-0.1, -0.05) is 36.0 Å². The number of rotatable bonds is 7. The Morgan fingerprint density at radius 2 is 1.74 bits per heavy atom. The van der Waals surface area contributed by atoms with E-state index >= 15 is 0 Å². The van der Waals surface area contributed by atoms with Gasteiger partial charge < -0.3 is 10.2 Å². The molecule has 0 spiro atoms. The van der Waals surface area contributed by atoms with Gasteiger partial charge in [0.05, 0.1) is 0 Å². The zero-order chi connectivity index (χ0) is 19.1. The summed E-state index contributed by atoms with van der Waals surface area (Å²) in [7, 11) is 2.04. The van der Waals surface area contributed by atoms with E-state index in [1.807, 2.05) is 67.7 Å². The highest BCUT2D eigenvalue weighted by Gasteiger charge is 2.12. The van der Waals surface area contributed by atoms with Crippen molar-refractivity contribution in [2.75, 3.05) is 18.5 Å². The second-order valence-corrected chi connectivity index (χ2v) is 7.39. The lowest BCUT2D eigenvalue weighted by Gasteiger charge is -2.27. The molecule has 0 fully saturated rings. The first-order chi connectivity index (χ1) is 13.1. The summed E-state index contributed by atoms with van der Waals surface area (Å²) in [5.41, 5.74) is 1.80. The molecule has 1 amide bonds. The first-order valence-corrected chi connectivity index (χ1v) is 9.70. The topological polar surface area (TPSA) is 45.2 Å². The standard InChI is InChI=1S/C22H23N3OS/c1-17(25(2)19-8-4-3-5-9-19)16-24-22(26)18-11-13-20(14-12-18)27-21-10-6-7-15-23-21/h3-15,17H,16H2,1-2H3,(H,24,26). The third kappa shape index (κ3) is 5.34. The molecule has 1 aromatic heterocycles. The summed E-state index contributed by atoms with van der Waals surface area (Å²) in [5, 5.41) is 3.96. The van der Waals surface area contributed by atoms with Gasteiger partial charge in [0.2, 0.25) is 0 Å². The van der Waals surface area contributed by atoms with Crippen molar-refractivity contribution in [3.05, 3.63) is 84.6 Å². The minimum absolute atomic E-state index is 0.0577. The number of carbonyl (C=O) groups is 1. The lowest BCUT2D eigenvalue weighted by atomic mass is 10.2. The summed E-state index contributed by atoms with van der Waals surface area (Å²) in [5.74, 6) is -0.0577. The van der Waals surface area contributed by atoms with E-state index in [-0.39, 0.29) is 11.9 Å². The molecular weight excluding hydrogens is 354 g/mol. The third-order valence-electron chi connectivity index (χ3n) is 4.36. The quantitative estimate of drug-likeness (QED) is 0.659. The average Bonchev–Trinajstić information content (AvgIpc) is 2.73. The molecule has 3 rings (SSSR count). The van der Waals surface area contributed by atoms with Crippen LogP contribution in [-0.4, -0.2) is 30.5 Å². The van der Waals surface area contributed by atoms with Crippen LogP contribution in [0, 0.1) is 0 Å². The van der Waals surface area contributed by atoms with Crippen LogP contribution in [0.4, 0.5) is 5.69 Å². The molecule has 4 nitrogen and oxygen atoms in total. The molecule has 1 atom stereocenters. The molecule has 5 heteroatoms. The fraction of sp³-hybridized carbons (Fsp3) is 0.182. The molecule has 27 heavy (non-hydrogen) atoms. The number of aromatic nitrogens is 1. The minimum atomic E-state index is -0.0577. The second kappa shape index (κ2) is 9.24. The van der Waals surface area contributed by atoms with Gasteiger partial charge in [0, 0.05) is 42.0 Å². The Labute approximate surface area is 164 Å². The summed E-state index contributed by atoms with van der Waals surface area (Å²) in [6, 6.07) is 23.8. The molecule has 1 unspecified atom stereocenters. The molecule has 1 heterocycles. The van der Waals surface area contributed by atoms with Gasteiger partial charge in [-0.3, -0.25) is 4.79 Å². The second-order valence-electron chi connectivity index (χ2n) is 6.30. The van der Waals surface area contributed by atoms with E-state index in [9.17, 15) is 4.79 Å². The van der Waals surface area contributed by atoms with Crippen LogP contribution in [0.3, 0.4) is 0 Å². The molecule has 3 aromatic rings. The number of likely N-dealkylation sites (N-methyl/N-ethyl adjacent to an activating group) is 1. The highest BCUT2D eigenvalue weighted by atomic mass is 32.2. The summed E-state index contributed by atoms with van der Waals surface area (Å²) < 4.78 is 0. The van der Waals surface area contributed by atoms with Gasteiger partial charge in [-0.05, 0) is 55.5 Å². The Bertz CT molecular complexity index is 854. The number of pyridine rings is 1. The number of hydrogen-bond acceptors (Lipinski definition) is 4. The maximum Gasteiger partial charge on any atom is 0.251 e. The lowest BCUT2D eigenvalue weighted by molar-refractivity contribution is 0.0951. The molecule has 0 saturated carbocycles. The van der Waals surface area contributed by atoms with Crippen molar-refractivity contribution in [3.63, 3.8) is 0 Å². The number of nitrogens with zero attached hydrogens (tertiary/aromatic N) is 2. The monoisotopic (exact) mass is 377 g/mol. The van der Waals surface area contributed by atoms with Gasteiger partial charge in [0.15, 0.2) is 0 Å². The number of hydrogen-bond donors (Lipinski definition) is 1. The highest BCUT2D eigenvalue weighted by Crippen LogP contribution is 2.25. The summed E-state index contributed by atoms with van der Waals surface area (Å²) in [4.78, 5) is 19.9. The molecule has 0 bridgehead atoms. The van der Waals surface area contributed by atoms with Crippen molar-refractivity contribution in [1.82, 2.24) is 10.3 Å². The van der Waals surface area contributed by atoms with Gasteiger partial charge >= 0.3 is 0 Å². The van der Waals surface area contributed by atoms with Crippen molar-refractivity contribution < 1.29 is 4.79 Å². The predicted octanol–water partition coefficient (Wildman–Crippen LogP) is 4.49. The van der Waals surface area contributed by atoms with Gasteiger partial charge in [-0.15, -0.1) is 0 Å². The normalized spacial score (nSPS) is 11.6. The smallest absolute Gasteiger partial charge is 0.251 e. The van der Waals surface area contributed by atoms with Crippen molar-refractivity contribution >= 4 is 23.4 Å². The van der Waals surface area contributed by atoms with Crippen molar-refractivity contribution in [2.24, 2.45) is 0 Å². The van der Waals surface area contributed by atoms with Crippen LogP contribution in [-0.2, 0) is 0 Å². The molecule has 0 saturated heterocycles. The van der Waals surface area contributed by atoms with Crippen LogP contribution < -0.4 is 10.2 Å². The number of anilines is 1. The maximum atomic E-state index is 12.4. The first-order valence-electron chi connectivity index (χ1n) is 8.88. The molecule has 2 aromatic carbocycles. The molecule has 1 N–H and O–H groups in total. The third-order valence-corrected chi connectivity index (χ3v) is 5.32. The largest absolute Gasteiger partial charge is 0.370 e. The molecule has 0 aliphatic heterocycles. The Morgan fingerprint density at radius 3 is 2.41 bits per heavy atom. The fourth-order valence-corrected chi connectivity index (χ4v) is 3.37. The highest BCUT2D eigenvalue weighted by molar-refractivity contribution is 7.99. The predicted molar refractivity (Wildman–Crippen MR) is 111 cm³/mol. The number of amides is 1. The van der Waals surface area contributed by atoms with Crippen LogP contribution >= 0.6 is 11.8 Å². The van der Waals surface area contributed by atoms with E-state index in [4.69, 9.17) is 0 Å². The molecule has 0 aliphatic carbocycles. The number of benzene rings is 2. The van der Waals surface area contributed by atoms with Gasteiger partial charge in [-0.2, -0.15) is 0 Å². The van der Waals surface area contributed by atoms with Crippen molar-refractivity contribution in [1.29, 1.82) is 0 Å². The van der Waals surface area contributed by atoms with E-state index in [0.29, 0.717) is 12.1 Å². The minimum Gasteiger partial charge on any atom is -0.370 e. The molecule has 0 aliphatic rings. The van der Waals surface area contributed by atoms with Crippen molar-refractivity contribution in [2.45, 2.75) is 22.9 Å². The lowest BCUT2D eigenvalue weighted by Crippen LogP contribution is -2.40. The summed E-state index contributed by atoms with van der Waals surface area (Å²) in [6.07, 6.45) is 1.78. The van der Waals surface area contributed by atoms with Crippen LogP contribution in [0.15, 0.2) is 88.9 Å². The SMILES string of the molecule is CC(CNC(=O)c1ccc(Sc2ccccn2)cc1)N(C)c1ccccc1. The maximum absolute atomic E-state index is 12.4. The number of carbonyl (C=O) groups excluding carboxylic acids is 1. The van der Waals surface area contributed by atoms with Gasteiger partial charge in [0.1, 0.15) is 5.03 Å².